The van der Waals surface area contributed by atoms with Crippen molar-refractivity contribution in [2.75, 3.05) is 6.61 Å². The van der Waals surface area contributed by atoms with Gasteiger partial charge in [-0.05, 0) is 13.3 Å². The Labute approximate surface area is 75.5 Å². The molecular formula is C9H10O4. The first-order valence-electron chi connectivity index (χ1n) is 4.31. The standard InChI is InChI=1S/C9H10O4/c1-5-8-7(9(11)13-5)6(10)3-2-4-12-8/h5H,2-4H2,1H3. The molecule has 0 aromatic heterocycles. The molecule has 1 unspecified atom stereocenters. The predicted octanol–water partition coefficient (Wildman–Crippen LogP) is 0.565. The molecule has 0 saturated carbocycles. The molecule has 0 spiro atoms. The van der Waals surface area contributed by atoms with E-state index in [1.54, 1.807) is 6.92 Å². The summed E-state index contributed by atoms with van der Waals surface area (Å²) in [5.74, 6) is -0.260. The molecule has 4 nitrogen and oxygen atoms in total. The van der Waals surface area contributed by atoms with Crippen LogP contribution in [0.3, 0.4) is 0 Å². The van der Waals surface area contributed by atoms with Crippen molar-refractivity contribution in [3.05, 3.63) is 11.3 Å². The molecular weight excluding hydrogens is 172 g/mol. The molecule has 0 N–H and O–H groups in total. The molecule has 2 heterocycles. The Hall–Kier alpha value is -1.32. The van der Waals surface area contributed by atoms with Crippen LogP contribution in [-0.2, 0) is 19.1 Å². The van der Waals surface area contributed by atoms with Crippen LogP contribution in [0.15, 0.2) is 11.3 Å². The quantitative estimate of drug-likeness (QED) is 0.406. The first kappa shape index (κ1) is 8.29. The Morgan fingerprint density at radius 1 is 1.38 bits per heavy atom. The van der Waals surface area contributed by atoms with Gasteiger partial charge in [0.25, 0.3) is 0 Å². The van der Waals surface area contributed by atoms with Crippen LogP contribution >= 0.6 is 0 Å². The maximum atomic E-state index is 11.4. The minimum absolute atomic E-state index is 0.130. The lowest BCUT2D eigenvalue weighted by atomic mass is 10.1. The fourth-order valence-electron chi connectivity index (χ4n) is 1.56. The largest absolute Gasteiger partial charge is 0.493 e. The molecule has 2 rings (SSSR count). The number of cyclic esters (lactones) is 1. The Kier molecular flexibility index (Phi) is 1.83. The molecule has 0 fully saturated rings. The second-order valence-corrected chi connectivity index (χ2v) is 3.16. The van der Waals surface area contributed by atoms with Crippen LogP contribution in [0, 0.1) is 0 Å². The maximum Gasteiger partial charge on any atom is 0.346 e. The Bertz CT molecular complexity index is 303. The van der Waals surface area contributed by atoms with Crippen LogP contribution in [0.25, 0.3) is 0 Å². The molecule has 0 saturated heterocycles. The van der Waals surface area contributed by atoms with E-state index < -0.39 is 12.1 Å². The van der Waals surface area contributed by atoms with E-state index in [0.717, 1.165) is 0 Å². The van der Waals surface area contributed by atoms with Crippen LogP contribution in [0.1, 0.15) is 19.8 Å². The minimum Gasteiger partial charge on any atom is -0.493 e. The maximum absolute atomic E-state index is 11.4. The van der Waals surface area contributed by atoms with Gasteiger partial charge in [0.15, 0.2) is 17.6 Å². The molecule has 4 heteroatoms. The van der Waals surface area contributed by atoms with Gasteiger partial charge in [-0.15, -0.1) is 0 Å². The Morgan fingerprint density at radius 2 is 2.15 bits per heavy atom. The number of ether oxygens (including phenoxy) is 2. The zero-order valence-corrected chi connectivity index (χ0v) is 7.33. The summed E-state index contributed by atoms with van der Waals surface area (Å²) in [6, 6.07) is 0. The van der Waals surface area contributed by atoms with Crippen LogP contribution in [0.4, 0.5) is 0 Å². The van der Waals surface area contributed by atoms with E-state index in [9.17, 15) is 9.59 Å². The van der Waals surface area contributed by atoms with Gasteiger partial charge in [0, 0.05) is 6.42 Å². The van der Waals surface area contributed by atoms with Crippen LogP contribution in [0.2, 0.25) is 0 Å². The molecule has 2 aliphatic heterocycles. The minimum atomic E-state index is -0.533. The van der Waals surface area contributed by atoms with E-state index >= 15 is 0 Å². The summed E-state index contributed by atoms with van der Waals surface area (Å²) in [7, 11) is 0. The lowest BCUT2D eigenvalue weighted by molar-refractivity contribution is -0.140. The van der Waals surface area contributed by atoms with Gasteiger partial charge in [0.05, 0.1) is 6.61 Å². The van der Waals surface area contributed by atoms with Gasteiger partial charge in [-0.1, -0.05) is 0 Å². The van der Waals surface area contributed by atoms with Crippen molar-refractivity contribution in [1.29, 1.82) is 0 Å². The van der Waals surface area contributed by atoms with E-state index in [1.807, 2.05) is 0 Å². The SMILES string of the molecule is CC1OC(=O)C2=C1OCCCC2=O. The number of hydrogen-bond acceptors (Lipinski definition) is 4. The topological polar surface area (TPSA) is 52.6 Å². The second kappa shape index (κ2) is 2.87. The predicted molar refractivity (Wildman–Crippen MR) is 42.8 cm³/mol. The molecule has 0 radical (unpaired) electrons. The molecule has 2 aliphatic rings. The van der Waals surface area contributed by atoms with Gasteiger partial charge < -0.3 is 9.47 Å². The zero-order valence-electron chi connectivity index (χ0n) is 7.33. The van der Waals surface area contributed by atoms with E-state index in [-0.39, 0.29) is 11.4 Å². The average molecular weight is 182 g/mol. The smallest absolute Gasteiger partial charge is 0.346 e. The number of carbonyl (C=O) groups is 2. The second-order valence-electron chi connectivity index (χ2n) is 3.16. The van der Waals surface area contributed by atoms with Crippen molar-refractivity contribution in [3.8, 4) is 0 Å². The van der Waals surface area contributed by atoms with Gasteiger partial charge >= 0.3 is 5.97 Å². The molecule has 13 heavy (non-hydrogen) atoms. The Morgan fingerprint density at radius 3 is 2.92 bits per heavy atom. The fourth-order valence-corrected chi connectivity index (χ4v) is 1.56. The first-order valence-corrected chi connectivity index (χ1v) is 4.31. The van der Waals surface area contributed by atoms with Gasteiger partial charge in [-0.2, -0.15) is 0 Å². The summed E-state index contributed by atoms with van der Waals surface area (Å²) in [5.41, 5.74) is 0.130. The summed E-state index contributed by atoms with van der Waals surface area (Å²) in [6.07, 6.45) is 0.650. The highest BCUT2D eigenvalue weighted by atomic mass is 16.6. The van der Waals surface area contributed by atoms with Crippen molar-refractivity contribution in [2.24, 2.45) is 0 Å². The van der Waals surface area contributed by atoms with Gasteiger partial charge in [-0.3, -0.25) is 4.79 Å². The van der Waals surface area contributed by atoms with Crippen LogP contribution in [0.5, 0.6) is 0 Å². The van der Waals surface area contributed by atoms with Crippen LogP contribution in [-0.4, -0.2) is 24.5 Å². The summed E-state index contributed by atoms with van der Waals surface area (Å²) >= 11 is 0. The summed E-state index contributed by atoms with van der Waals surface area (Å²) in [4.78, 5) is 22.6. The first-order chi connectivity index (χ1) is 6.20. The highest BCUT2D eigenvalue weighted by molar-refractivity contribution is 6.19. The molecule has 0 aromatic rings. The van der Waals surface area contributed by atoms with E-state index in [2.05, 4.69) is 0 Å². The highest BCUT2D eigenvalue weighted by Gasteiger charge is 2.38. The van der Waals surface area contributed by atoms with Crippen molar-refractivity contribution in [2.45, 2.75) is 25.9 Å². The van der Waals surface area contributed by atoms with Gasteiger partial charge in [0.2, 0.25) is 0 Å². The van der Waals surface area contributed by atoms with Crippen molar-refractivity contribution >= 4 is 11.8 Å². The number of esters is 1. The van der Waals surface area contributed by atoms with Crippen molar-refractivity contribution in [1.82, 2.24) is 0 Å². The molecule has 0 amide bonds. The third-order valence-electron chi connectivity index (χ3n) is 2.19. The zero-order chi connectivity index (χ0) is 9.42. The van der Waals surface area contributed by atoms with Crippen molar-refractivity contribution < 1.29 is 19.1 Å². The number of Topliss-reactive ketones (excluding diaryl/α,β-unsaturated/α-hetero) is 1. The lowest BCUT2D eigenvalue weighted by Gasteiger charge is -2.08. The summed E-state index contributed by atoms with van der Waals surface area (Å²) < 4.78 is 10.2. The molecule has 0 bridgehead atoms. The lowest BCUT2D eigenvalue weighted by Crippen LogP contribution is -2.11. The third kappa shape index (κ3) is 1.22. The number of rotatable bonds is 0. The van der Waals surface area contributed by atoms with E-state index in [4.69, 9.17) is 9.47 Å². The van der Waals surface area contributed by atoms with Gasteiger partial charge in [-0.25, -0.2) is 4.79 Å². The summed E-state index contributed by atoms with van der Waals surface area (Å²) in [6.45, 7) is 2.20. The number of carbonyl (C=O) groups excluding carboxylic acids is 2. The molecule has 0 aromatic carbocycles. The number of hydrogen-bond donors (Lipinski definition) is 0. The van der Waals surface area contributed by atoms with Crippen LogP contribution < -0.4 is 0 Å². The normalized spacial score (nSPS) is 27.9. The number of ketones is 1. The monoisotopic (exact) mass is 182 g/mol. The summed E-state index contributed by atoms with van der Waals surface area (Å²) in [5, 5.41) is 0. The molecule has 0 aliphatic carbocycles. The molecule has 1 atom stereocenters. The average Bonchev–Trinajstić information content (AvgIpc) is 2.28. The van der Waals surface area contributed by atoms with Crippen molar-refractivity contribution in [3.63, 3.8) is 0 Å². The van der Waals surface area contributed by atoms with Gasteiger partial charge in [0.1, 0.15) is 5.57 Å². The molecule has 70 valence electrons. The fraction of sp³-hybridized carbons (Fsp3) is 0.556. The van der Waals surface area contributed by atoms with E-state index in [1.165, 1.54) is 0 Å². The van der Waals surface area contributed by atoms with E-state index in [0.29, 0.717) is 25.2 Å². The third-order valence-corrected chi connectivity index (χ3v) is 2.19. The Balaban J connectivity index is 2.40. The highest BCUT2D eigenvalue weighted by Crippen LogP contribution is 2.27.